The summed E-state index contributed by atoms with van der Waals surface area (Å²) in [5, 5.41) is 8.73. The number of carbonyl (C=O) groups is 4. The van der Waals surface area contributed by atoms with E-state index in [9.17, 15) is 19.2 Å². The highest BCUT2D eigenvalue weighted by molar-refractivity contribution is 5.95. The van der Waals surface area contributed by atoms with Crippen LogP contribution in [0.4, 0.5) is 0 Å². The minimum atomic E-state index is -1.08. The smallest absolute Gasteiger partial charge is 0.243 e. The summed E-state index contributed by atoms with van der Waals surface area (Å²) in [5.41, 5.74) is 3.02. The zero-order chi connectivity index (χ0) is 30.9. The molecule has 4 bridgehead atoms. The average Bonchev–Trinajstić information content (AvgIpc) is 3.00. The van der Waals surface area contributed by atoms with Gasteiger partial charge in [0.1, 0.15) is 17.8 Å². The van der Waals surface area contributed by atoms with Crippen molar-refractivity contribution in [2.75, 3.05) is 39.3 Å². The number of amides is 4. The Kier molecular flexibility index (Phi) is 10.9. The quantitative estimate of drug-likeness (QED) is 0.467. The molecular formula is C34H45N5O5. The summed E-state index contributed by atoms with van der Waals surface area (Å²) in [6, 6.07) is 13.7. The number of carbonyl (C=O) groups excluding carboxylic acids is 4. The van der Waals surface area contributed by atoms with E-state index in [1.165, 1.54) is 0 Å². The van der Waals surface area contributed by atoms with Crippen LogP contribution in [0.15, 0.2) is 48.5 Å². The van der Waals surface area contributed by atoms with Gasteiger partial charge in [0, 0.05) is 19.6 Å². The van der Waals surface area contributed by atoms with Crippen LogP contribution in [0, 0.1) is 12.8 Å². The van der Waals surface area contributed by atoms with E-state index in [-0.39, 0.29) is 37.2 Å². The van der Waals surface area contributed by atoms with Gasteiger partial charge in [-0.2, -0.15) is 0 Å². The molecule has 2 aromatic carbocycles. The molecule has 0 spiro atoms. The summed E-state index contributed by atoms with van der Waals surface area (Å²) >= 11 is 0. The molecular weight excluding hydrogens is 558 g/mol. The lowest BCUT2D eigenvalue weighted by Crippen LogP contribution is -2.56. The van der Waals surface area contributed by atoms with Crippen molar-refractivity contribution in [3.63, 3.8) is 0 Å². The van der Waals surface area contributed by atoms with E-state index in [1.807, 2.05) is 65.3 Å². The number of rotatable bonds is 6. The first-order valence-corrected chi connectivity index (χ1v) is 16.0. The largest absolute Gasteiger partial charge is 0.494 e. The Morgan fingerprint density at radius 3 is 2.59 bits per heavy atom. The topological polar surface area (TPSA) is 120 Å². The van der Waals surface area contributed by atoms with Gasteiger partial charge in [-0.1, -0.05) is 36.4 Å². The maximum Gasteiger partial charge on any atom is 0.243 e. The Morgan fingerprint density at radius 1 is 1.00 bits per heavy atom. The number of nitrogens with zero attached hydrogens (tertiary/aromatic N) is 2. The van der Waals surface area contributed by atoms with Gasteiger partial charge >= 0.3 is 0 Å². The highest BCUT2D eigenvalue weighted by atomic mass is 16.5. The molecule has 0 radical (unpaired) electrons. The molecule has 10 nitrogen and oxygen atoms in total. The summed E-state index contributed by atoms with van der Waals surface area (Å²) in [6.07, 6.45) is 4.52. The predicted octanol–water partition coefficient (Wildman–Crippen LogP) is 2.33. The van der Waals surface area contributed by atoms with E-state index >= 15 is 0 Å². The molecule has 2 saturated heterocycles. The van der Waals surface area contributed by atoms with Gasteiger partial charge in [-0.3, -0.25) is 24.1 Å². The molecule has 3 N–H and O–H groups in total. The molecule has 2 fully saturated rings. The number of fused-ring (bicyclic) bond motifs is 4. The van der Waals surface area contributed by atoms with E-state index in [1.54, 1.807) is 0 Å². The van der Waals surface area contributed by atoms with Gasteiger partial charge in [-0.25, -0.2) is 0 Å². The number of hydrogen-bond donors (Lipinski definition) is 3. The first-order chi connectivity index (χ1) is 21.3. The Balaban J connectivity index is 1.38. The van der Waals surface area contributed by atoms with Crippen molar-refractivity contribution in [3.05, 3.63) is 65.2 Å². The van der Waals surface area contributed by atoms with Crippen LogP contribution in [-0.4, -0.2) is 84.8 Å². The normalized spacial score (nSPS) is 23.7. The minimum absolute atomic E-state index is 0.155. The van der Waals surface area contributed by atoms with Gasteiger partial charge in [0.25, 0.3) is 0 Å². The Labute approximate surface area is 259 Å². The number of piperidine rings is 1. The Bertz CT molecular complexity index is 1310. The lowest BCUT2D eigenvalue weighted by atomic mass is 9.94. The van der Waals surface area contributed by atoms with Crippen LogP contribution in [0.2, 0.25) is 0 Å². The maximum atomic E-state index is 13.8. The van der Waals surface area contributed by atoms with E-state index in [0.717, 1.165) is 61.2 Å². The summed E-state index contributed by atoms with van der Waals surface area (Å²) in [6.45, 7) is 5.88. The molecule has 1 unspecified atom stereocenters. The second kappa shape index (κ2) is 15.2. The lowest BCUT2D eigenvalue weighted by Gasteiger charge is -2.34. The zero-order valence-electron chi connectivity index (χ0n) is 25.7. The lowest BCUT2D eigenvalue weighted by molar-refractivity contribution is -0.138. The first-order valence-electron chi connectivity index (χ1n) is 16.0. The number of likely N-dealkylation sites (tertiary alicyclic amines) is 1. The van der Waals surface area contributed by atoms with Crippen LogP contribution in [0.3, 0.4) is 0 Å². The number of ether oxygens (including phenoxy) is 1. The summed E-state index contributed by atoms with van der Waals surface area (Å²) < 4.78 is 6.10. The van der Waals surface area contributed by atoms with Crippen LogP contribution in [-0.2, 0) is 32.1 Å². The zero-order valence-corrected chi connectivity index (χ0v) is 25.7. The molecule has 3 aliphatic rings. The second-order valence-corrected chi connectivity index (χ2v) is 12.3. The third-order valence-electron chi connectivity index (χ3n) is 8.98. The molecule has 0 aliphatic carbocycles. The molecule has 3 heterocycles. The number of hydrogen-bond acceptors (Lipinski definition) is 6. The monoisotopic (exact) mass is 603 g/mol. The SMILES string of the molecule is Cc1ccc2cc1CNC(=O)[C@H](CCc1ccccc1)NC(=O)[C@@H](NC(=O)CN1CCC1)CC(=O)N1CCCC(CCO2)C1. The first kappa shape index (κ1) is 31.5. The fraction of sp³-hybridized carbons (Fsp3) is 0.529. The van der Waals surface area contributed by atoms with Crippen molar-refractivity contribution in [1.29, 1.82) is 0 Å². The summed E-state index contributed by atoms with van der Waals surface area (Å²) in [4.78, 5) is 57.6. The third-order valence-corrected chi connectivity index (χ3v) is 8.98. The number of aryl methyl sites for hydroxylation is 2. The molecule has 44 heavy (non-hydrogen) atoms. The molecule has 5 rings (SSSR count). The molecule has 0 aromatic heterocycles. The van der Waals surface area contributed by atoms with Crippen LogP contribution < -0.4 is 20.7 Å². The van der Waals surface area contributed by atoms with Crippen molar-refractivity contribution < 1.29 is 23.9 Å². The third kappa shape index (κ3) is 8.81. The standard InChI is InChI=1S/C34H45N5O5/c1-24-10-12-28-19-27(24)21-35-33(42)29(13-11-25-7-3-2-4-8-25)37-34(43)30(36-31(40)23-38-15-6-16-38)20-32(41)39-17-5-9-26(22-39)14-18-44-28/h2-4,7-8,10,12,19,26,29-30H,5-6,9,11,13-18,20-23H2,1H3,(H,35,42)(H,36,40)(H,37,43)/t26?,29-,30-/m0/s1. The fourth-order valence-corrected chi connectivity index (χ4v) is 6.10. The Hall–Kier alpha value is -3.92. The molecule has 10 heteroatoms. The van der Waals surface area contributed by atoms with Crippen molar-refractivity contribution in [2.24, 2.45) is 5.92 Å². The molecule has 0 saturated carbocycles. The Morgan fingerprint density at radius 2 is 1.82 bits per heavy atom. The second-order valence-electron chi connectivity index (χ2n) is 12.3. The summed E-state index contributed by atoms with van der Waals surface area (Å²) in [5.74, 6) is -0.271. The minimum Gasteiger partial charge on any atom is -0.494 e. The van der Waals surface area contributed by atoms with Crippen molar-refractivity contribution in [2.45, 2.75) is 70.5 Å². The average molecular weight is 604 g/mol. The van der Waals surface area contributed by atoms with Crippen molar-refractivity contribution >= 4 is 23.6 Å². The molecule has 236 valence electrons. The van der Waals surface area contributed by atoms with Gasteiger partial charge in [-0.05, 0) is 93.3 Å². The van der Waals surface area contributed by atoms with E-state index < -0.39 is 18.0 Å². The fourth-order valence-electron chi connectivity index (χ4n) is 6.10. The van der Waals surface area contributed by atoms with E-state index in [4.69, 9.17) is 4.74 Å². The molecule has 2 aromatic rings. The number of nitrogens with one attached hydrogen (secondary N) is 3. The van der Waals surface area contributed by atoms with Crippen LogP contribution in [0.1, 0.15) is 55.2 Å². The maximum absolute atomic E-state index is 13.8. The van der Waals surface area contributed by atoms with Crippen molar-refractivity contribution in [1.82, 2.24) is 25.8 Å². The molecule has 3 aliphatic heterocycles. The van der Waals surface area contributed by atoms with Gasteiger partial charge in [-0.15, -0.1) is 0 Å². The highest BCUT2D eigenvalue weighted by Crippen LogP contribution is 2.23. The van der Waals surface area contributed by atoms with E-state index in [0.29, 0.717) is 38.5 Å². The van der Waals surface area contributed by atoms with Crippen LogP contribution in [0.25, 0.3) is 0 Å². The van der Waals surface area contributed by atoms with Crippen LogP contribution in [0.5, 0.6) is 5.75 Å². The molecule has 3 atom stereocenters. The predicted molar refractivity (Wildman–Crippen MR) is 167 cm³/mol. The van der Waals surface area contributed by atoms with Crippen molar-refractivity contribution in [3.8, 4) is 5.75 Å². The van der Waals surface area contributed by atoms with Gasteiger partial charge in [0.05, 0.1) is 19.6 Å². The van der Waals surface area contributed by atoms with Gasteiger partial charge in [0.15, 0.2) is 0 Å². The molecule has 4 amide bonds. The van der Waals surface area contributed by atoms with Gasteiger partial charge < -0.3 is 25.6 Å². The number of benzene rings is 2. The van der Waals surface area contributed by atoms with Crippen LogP contribution >= 0.6 is 0 Å². The highest BCUT2D eigenvalue weighted by Gasteiger charge is 2.32. The van der Waals surface area contributed by atoms with E-state index in [2.05, 4.69) is 16.0 Å². The van der Waals surface area contributed by atoms with Gasteiger partial charge in [0.2, 0.25) is 23.6 Å². The summed E-state index contributed by atoms with van der Waals surface area (Å²) in [7, 11) is 0.